The Morgan fingerprint density at radius 1 is 1.42 bits per heavy atom. The number of hydrogen-bond acceptors (Lipinski definition) is 3. The van der Waals surface area contributed by atoms with E-state index in [1.165, 1.54) is 0 Å². The summed E-state index contributed by atoms with van der Waals surface area (Å²) < 4.78 is 5.35. The number of aryl methyl sites for hydroxylation is 1. The molecule has 1 aliphatic heterocycles. The summed E-state index contributed by atoms with van der Waals surface area (Å²) in [7, 11) is 1.65. The maximum absolute atomic E-state index is 12.6. The zero-order valence-electron chi connectivity index (χ0n) is 12.1. The lowest BCUT2D eigenvalue weighted by Crippen LogP contribution is -2.52. The molecule has 1 aromatic carbocycles. The average molecular weight is 261 g/mol. The Hall–Kier alpha value is -1.35. The molecule has 1 saturated heterocycles. The first-order valence-electron chi connectivity index (χ1n) is 6.97. The van der Waals surface area contributed by atoms with E-state index in [0.29, 0.717) is 6.42 Å². The van der Waals surface area contributed by atoms with Gasteiger partial charge in [-0.05, 0) is 45.7 Å². The van der Waals surface area contributed by atoms with Crippen LogP contribution in [0.15, 0.2) is 18.2 Å². The number of nitrogens with one attached hydrogen (secondary N) is 1. The van der Waals surface area contributed by atoms with Gasteiger partial charge in [-0.15, -0.1) is 0 Å². The summed E-state index contributed by atoms with van der Waals surface area (Å²) >= 11 is 0. The van der Waals surface area contributed by atoms with Crippen LogP contribution in [0.4, 0.5) is 0 Å². The fraction of sp³-hybridized carbons (Fsp3) is 0.562. The first kappa shape index (κ1) is 14.1. The second-order valence-electron chi connectivity index (χ2n) is 5.63. The normalized spacial score (nSPS) is 23.1. The Kier molecular flexibility index (Phi) is 4.25. The van der Waals surface area contributed by atoms with Crippen molar-refractivity contribution in [3.05, 3.63) is 29.3 Å². The lowest BCUT2D eigenvalue weighted by molar-refractivity contribution is -0.125. The third-order valence-electron chi connectivity index (χ3n) is 4.02. The first-order valence-corrected chi connectivity index (χ1v) is 6.97. The first-order chi connectivity index (χ1) is 9.05. The van der Waals surface area contributed by atoms with E-state index in [1.54, 1.807) is 7.11 Å². The lowest BCUT2D eigenvalue weighted by Gasteiger charge is -2.33. The summed E-state index contributed by atoms with van der Waals surface area (Å²) in [5, 5.41) is 3.38. The van der Waals surface area contributed by atoms with Crippen LogP contribution >= 0.6 is 0 Å². The molecule has 0 radical (unpaired) electrons. The van der Waals surface area contributed by atoms with E-state index < -0.39 is 0 Å². The van der Waals surface area contributed by atoms with Crippen molar-refractivity contribution in [3.63, 3.8) is 0 Å². The molecule has 1 fully saturated rings. The summed E-state index contributed by atoms with van der Waals surface area (Å²) in [6.45, 7) is 5.00. The lowest BCUT2D eigenvalue weighted by atomic mass is 9.84. The molecule has 3 nitrogen and oxygen atoms in total. The Morgan fingerprint density at radius 3 is 2.84 bits per heavy atom. The summed E-state index contributed by atoms with van der Waals surface area (Å²) in [4.78, 5) is 12.6. The molecule has 0 amide bonds. The van der Waals surface area contributed by atoms with Gasteiger partial charge in [0, 0.05) is 12.0 Å². The van der Waals surface area contributed by atoms with E-state index in [2.05, 4.69) is 5.32 Å². The van der Waals surface area contributed by atoms with Crippen molar-refractivity contribution in [1.29, 1.82) is 0 Å². The Balaban J connectivity index is 2.16. The molecule has 0 spiro atoms. The smallest absolute Gasteiger partial charge is 0.157 e. The van der Waals surface area contributed by atoms with Gasteiger partial charge in [0.25, 0.3) is 0 Å². The van der Waals surface area contributed by atoms with Crippen molar-refractivity contribution in [2.45, 2.75) is 45.1 Å². The maximum atomic E-state index is 12.6. The second-order valence-corrected chi connectivity index (χ2v) is 5.63. The van der Waals surface area contributed by atoms with Crippen LogP contribution in [-0.2, 0) is 11.2 Å². The molecule has 104 valence electrons. The number of ether oxygens (including phenoxy) is 1. The number of hydrogen-bond donors (Lipinski definition) is 1. The highest BCUT2D eigenvalue weighted by atomic mass is 16.5. The Labute approximate surface area is 115 Å². The van der Waals surface area contributed by atoms with Gasteiger partial charge in [0.2, 0.25) is 0 Å². The van der Waals surface area contributed by atoms with Crippen LogP contribution in [0.2, 0.25) is 0 Å². The second kappa shape index (κ2) is 5.74. The molecule has 3 heteroatoms. The number of benzene rings is 1. The molecule has 0 saturated carbocycles. The highest BCUT2D eigenvalue weighted by Gasteiger charge is 2.34. The number of Topliss-reactive ketones (excluding diaryl/α,β-unsaturated/α-hetero) is 1. The van der Waals surface area contributed by atoms with E-state index in [0.717, 1.165) is 42.7 Å². The van der Waals surface area contributed by atoms with Gasteiger partial charge < -0.3 is 10.1 Å². The molecule has 0 bridgehead atoms. The van der Waals surface area contributed by atoms with Crippen LogP contribution < -0.4 is 10.1 Å². The fourth-order valence-electron chi connectivity index (χ4n) is 2.71. The third kappa shape index (κ3) is 3.16. The predicted octanol–water partition coefficient (Wildman–Crippen LogP) is 2.65. The molecule has 1 heterocycles. The van der Waals surface area contributed by atoms with E-state index in [1.807, 2.05) is 32.0 Å². The van der Waals surface area contributed by atoms with Gasteiger partial charge in [-0.2, -0.15) is 0 Å². The zero-order chi connectivity index (χ0) is 13.9. The number of carbonyl (C=O) groups excluding carboxylic acids is 1. The zero-order valence-corrected chi connectivity index (χ0v) is 12.1. The van der Waals surface area contributed by atoms with Crippen molar-refractivity contribution < 1.29 is 9.53 Å². The van der Waals surface area contributed by atoms with Crippen molar-refractivity contribution in [2.24, 2.45) is 0 Å². The van der Waals surface area contributed by atoms with E-state index in [9.17, 15) is 4.79 Å². The highest BCUT2D eigenvalue weighted by molar-refractivity contribution is 5.90. The van der Waals surface area contributed by atoms with Crippen LogP contribution in [-0.4, -0.2) is 25.0 Å². The monoisotopic (exact) mass is 261 g/mol. The topological polar surface area (TPSA) is 38.3 Å². The summed E-state index contributed by atoms with van der Waals surface area (Å²) in [5.41, 5.74) is 1.78. The molecule has 1 aromatic rings. The number of carbonyl (C=O) groups is 1. The van der Waals surface area contributed by atoms with Crippen molar-refractivity contribution >= 4 is 5.78 Å². The van der Waals surface area contributed by atoms with Crippen LogP contribution in [0, 0.1) is 6.92 Å². The number of rotatable bonds is 4. The molecule has 1 unspecified atom stereocenters. The maximum Gasteiger partial charge on any atom is 0.157 e. The van der Waals surface area contributed by atoms with E-state index in [4.69, 9.17) is 4.74 Å². The van der Waals surface area contributed by atoms with Gasteiger partial charge in [0.05, 0.1) is 12.6 Å². The van der Waals surface area contributed by atoms with Crippen LogP contribution in [0.25, 0.3) is 0 Å². The summed E-state index contributed by atoms with van der Waals surface area (Å²) in [5.74, 6) is 1.06. The number of ketones is 1. The molecule has 1 N–H and O–H groups in total. The molecule has 0 aliphatic carbocycles. The van der Waals surface area contributed by atoms with Crippen molar-refractivity contribution in [1.82, 2.24) is 5.32 Å². The predicted molar refractivity (Wildman–Crippen MR) is 76.7 cm³/mol. The van der Waals surface area contributed by atoms with Crippen molar-refractivity contribution in [3.8, 4) is 5.75 Å². The van der Waals surface area contributed by atoms with Gasteiger partial charge >= 0.3 is 0 Å². The van der Waals surface area contributed by atoms with Crippen LogP contribution in [0.1, 0.15) is 37.3 Å². The Morgan fingerprint density at radius 2 is 2.21 bits per heavy atom. The fourth-order valence-corrected chi connectivity index (χ4v) is 2.71. The summed E-state index contributed by atoms with van der Waals surface area (Å²) in [6.07, 6.45) is 3.66. The minimum absolute atomic E-state index is 0.260. The Bertz CT molecular complexity index is 462. The summed E-state index contributed by atoms with van der Waals surface area (Å²) in [6, 6.07) is 5.99. The molecule has 2 rings (SSSR count). The van der Waals surface area contributed by atoms with Gasteiger partial charge in [-0.1, -0.05) is 17.7 Å². The molecule has 1 aliphatic rings. The van der Waals surface area contributed by atoms with Gasteiger partial charge in [0.1, 0.15) is 5.75 Å². The number of piperidine rings is 1. The van der Waals surface area contributed by atoms with Crippen LogP contribution in [0.5, 0.6) is 5.75 Å². The molecule has 19 heavy (non-hydrogen) atoms. The van der Waals surface area contributed by atoms with E-state index >= 15 is 0 Å². The number of methoxy groups -OCH3 is 1. The minimum atomic E-state index is -0.368. The highest BCUT2D eigenvalue weighted by Crippen LogP contribution is 2.25. The average Bonchev–Trinajstić information content (AvgIpc) is 2.40. The van der Waals surface area contributed by atoms with Crippen LogP contribution in [0.3, 0.4) is 0 Å². The third-order valence-corrected chi connectivity index (χ3v) is 4.02. The largest absolute Gasteiger partial charge is 0.496 e. The molecular formula is C16H23NO2. The molecule has 1 atom stereocenters. The van der Waals surface area contributed by atoms with Gasteiger partial charge in [0.15, 0.2) is 5.78 Å². The standard InChI is InChI=1S/C16H23NO2/c1-12-6-7-14(19-3)13(10-12)11-15(18)16(2)8-4-5-9-17-16/h6-7,10,17H,4-5,8-9,11H2,1-3H3. The molecular weight excluding hydrogens is 238 g/mol. The SMILES string of the molecule is COc1ccc(C)cc1CC(=O)C1(C)CCCCN1. The minimum Gasteiger partial charge on any atom is -0.496 e. The van der Waals surface area contributed by atoms with E-state index in [-0.39, 0.29) is 11.3 Å². The van der Waals surface area contributed by atoms with Gasteiger partial charge in [-0.25, -0.2) is 0 Å². The molecule has 0 aromatic heterocycles. The quantitative estimate of drug-likeness (QED) is 0.905. The van der Waals surface area contributed by atoms with Gasteiger partial charge in [-0.3, -0.25) is 4.79 Å². The van der Waals surface area contributed by atoms with Crippen molar-refractivity contribution in [2.75, 3.05) is 13.7 Å².